The van der Waals surface area contributed by atoms with Crippen LogP contribution in [0.3, 0.4) is 0 Å². The zero-order valence-electron chi connectivity index (χ0n) is 7.22. The molecule has 1 amide bonds. The summed E-state index contributed by atoms with van der Waals surface area (Å²) < 4.78 is 25.7. The maximum absolute atomic E-state index is 12.6. The lowest BCUT2D eigenvalue weighted by molar-refractivity contribution is 0.0979. The van der Waals surface area contributed by atoms with Crippen LogP contribution in [0.25, 0.3) is 0 Å². The number of nitrogens with two attached hydrogens (primary N) is 1. The standard InChI is InChI=1S/C8H7F2IN2O/c1-3-4(11)2-13-6(8(12)14)5(3)7(9)10/h2,7H,1H3,(H2,12,14). The number of hydrogen-bond acceptors (Lipinski definition) is 2. The first-order chi connectivity index (χ1) is 6.45. The Hall–Kier alpha value is -0.790. The third kappa shape index (κ3) is 1.99. The molecule has 0 unspecified atom stereocenters. The molecule has 0 saturated heterocycles. The van der Waals surface area contributed by atoms with Gasteiger partial charge in [0.25, 0.3) is 12.3 Å². The van der Waals surface area contributed by atoms with Gasteiger partial charge in [-0.1, -0.05) is 0 Å². The number of hydrogen-bond donors (Lipinski definition) is 1. The molecule has 3 nitrogen and oxygen atoms in total. The fourth-order valence-electron chi connectivity index (χ4n) is 1.06. The highest BCUT2D eigenvalue weighted by atomic mass is 127. The minimum atomic E-state index is -2.74. The molecule has 0 aliphatic carbocycles. The molecule has 1 rings (SSSR count). The quantitative estimate of drug-likeness (QED) is 0.850. The molecule has 2 N–H and O–H groups in total. The highest BCUT2D eigenvalue weighted by Crippen LogP contribution is 2.27. The zero-order chi connectivity index (χ0) is 10.9. The zero-order valence-corrected chi connectivity index (χ0v) is 9.38. The Labute approximate surface area is 92.8 Å². The van der Waals surface area contributed by atoms with Crippen LogP contribution in [-0.2, 0) is 0 Å². The first-order valence-corrected chi connectivity index (χ1v) is 4.76. The van der Waals surface area contributed by atoms with Crippen LogP contribution in [0.5, 0.6) is 0 Å². The lowest BCUT2D eigenvalue weighted by Crippen LogP contribution is -2.17. The molecule has 0 aliphatic rings. The van der Waals surface area contributed by atoms with Gasteiger partial charge >= 0.3 is 0 Å². The molecular weight excluding hydrogens is 305 g/mol. The maximum Gasteiger partial charge on any atom is 0.267 e. The SMILES string of the molecule is Cc1c(I)cnc(C(N)=O)c1C(F)F. The Bertz CT molecular complexity index is 382. The van der Waals surface area contributed by atoms with Gasteiger partial charge in [0.05, 0.1) is 5.56 Å². The minimum absolute atomic E-state index is 0.349. The number of alkyl halides is 2. The van der Waals surface area contributed by atoms with Crippen molar-refractivity contribution in [3.05, 3.63) is 26.6 Å². The van der Waals surface area contributed by atoms with E-state index in [4.69, 9.17) is 5.73 Å². The molecule has 0 saturated carbocycles. The normalized spacial score (nSPS) is 10.6. The van der Waals surface area contributed by atoms with Crippen LogP contribution >= 0.6 is 22.6 Å². The van der Waals surface area contributed by atoms with Crippen LogP contribution in [0.1, 0.15) is 28.0 Å². The van der Waals surface area contributed by atoms with Gasteiger partial charge in [0.2, 0.25) is 0 Å². The summed E-state index contributed by atoms with van der Waals surface area (Å²) in [6.07, 6.45) is -1.39. The van der Waals surface area contributed by atoms with Crippen LogP contribution < -0.4 is 5.73 Å². The summed E-state index contributed by atoms with van der Waals surface area (Å²) in [7, 11) is 0. The van der Waals surface area contributed by atoms with Gasteiger partial charge in [0.15, 0.2) is 0 Å². The lowest BCUT2D eigenvalue weighted by atomic mass is 10.1. The van der Waals surface area contributed by atoms with Crippen LogP contribution in [0.15, 0.2) is 6.20 Å². The van der Waals surface area contributed by atoms with Gasteiger partial charge in [0.1, 0.15) is 5.69 Å². The van der Waals surface area contributed by atoms with Crippen molar-refractivity contribution < 1.29 is 13.6 Å². The number of primary amides is 1. The average Bonchev–Trinajstić information content (AvgIpc) is 2.08. The van der Waals surface area contributed by atoms with E-state index in [-0.39, 0.29) is 11.3 Å². The summed E-state index contributed by atoms with van der Waals surface area (Å²) in [4.78, 5) is 14.4. The second-order valence-electron chi connectivity index (χ2n) is 2.66. The summed E-state index contributed by atoms with van der Waals surface area (Å²) in [6.45, 7) is 1.51. The Balaban J connectivity index is 3.45. The van der Waals surface area contributed by atoms with Crippen molar-refractivity contribution in [2.45, 2.75) is 13.3 Å². The van der Waals surface area contributed by atoms with E-state index < -0.39 is 12.3 Å². The van der Waals surface area contributed by atoms with E-state index in [9.17, 15) is 13.6 Å². The average molecular weight is 312 g/mol. The van der Waals surface area contributed by atoms with Gasteiger partial charge in [-0.15, -0.1) is 0 Å². The highest BCUT2D eigenvalue weighted by Gasteiger charge is 2.21. The molecule has 0 bridgehead atoms. The Kier molecular flexibility index (Phi) is 3.35. The first kappa shape index (κ1) is 11.3. The van der Waals surface area contributed by atoms with Crippen LogP contribution in [0, 0.1) is 10.5 Å². The van der Waals surface area contributed by atoms with Gasteiger partial charge in [-0.2, -0.15) is 0 Å². The Morgan fingerprint density at radius 3 is 2.64 bits per heavy atom. The molecule has 0 aromatic carbocycles. The van der Waals surface area contributed by atoms with E-state index in [1.807, 2.05) is 22.6 Å². The molecule has 0 aliphatic heterocycles. The van der Waals surface area contributed by atoms with E-state index in [1.165, 1.54) is 13.1 Å². The van der Waals surface area contributed by atoms with E-state index in [0.717, 1.165) is 0 Å². The highest BCUT2D eigenvalue weighted by molar-refractivity contribution is 14.1. The van der Waals surface area contributed by atoms with Crippen molar-refractivity contribution in [3.63, 3.8) is 0 Å². The molecule has 1 aromatic heterocycles. The Morgan fingerprint density at radius 2 is 2.21 bits per heavy atom. The van der Waals surface area contributed by atoms with Crippen molar-refractivity contribution >= 4 is 28.5 Å². The number of amides is 1. The van der Waals surface area contributed by atoms with Crippen molar-refractivity contribution in [2.75, 3.05) is 0 Å². The van der Waals surface area contributed by atoms with Crippen molar-refractivity contribution in [1.82, 2.24) is 4.98 Å². The lowest BCUT2D eigenvalue weighted by Gasteiger charge is -2.09. The number of nitrogens with zero attached hydrogens (tertiary/aromatic N) is 1. The largest absolute Gasteiger partial charge is 0.364 e. The molecule has 0 fully saturated rings. The molecule has 6 heteroatoms. The van der Waals surface area contributed by atoms with Gasteiger partial charge in [0, 0.05) is 9.77 Å². The van der Waals surface area contributed by atoms with Gasteiger partial charge < -0.3 is 5.73 Å². The number of halogens is 3. The number of rotatable bonds is 2. The van der Waals surface area contributed by atoms with E-state index in [0.29, 0.717) is 9.13 Å². The van der Waals surface area contributed by atoms with Crippen molar-refractivity contribution in [2.24, 2.45) is 5.73 Å². The van der Waals surface area contributed by atoms with Gasteiger partial charge in [-0.25, -0.2) is 13.8 Å². The third-order valence-electron chi connectivity index (χ3n) is 1.78. The molecule has 0 spiro atoms. The third-order valence-corrected chi connectivity index (χ3v) is 2.86. The molecule has 1 heterocycles. The van der Waals surface area contributed by atoms with Crippen molar-refractivity contribution in [1.29, 1.82) is 0 Å². The maximum atomic E-state index is 12.6. The van der Waals surface area contributed by atoms with Crippen LogP contribution in [-0.4, -0.2) is 10.9 Å². The first-order valence-electron chi connectivity index (χ1n) is 3.68. The minimum Gasteiger partial charge on any atom is -0.364 e. The monoisotopic (exact) mass is 312 g/mol. The molecule has 76 valence electrons. The number of carbonyl (C=O) groups excluding carboxylic acids is 1. The summed E-state index contributed by atoms with van der Waals surface area (Å²) in [6, 6.07) is 0. The second-order valence-corrected chi connectivity index (χ2v) is 3.82. The van der Waals surface area contributed by atoms with Gasteiger partial charge in [-0.05, 0) is 35.1 Å². The van der Waals surface area contributed by atoms with E-state index >= 15 is 0 Å². The molecule has 14 heavy (non-hydrogen) atoms. The van der Waals surface area contributed by atoms with Gasteiger partial charge in [-0.3, -0.25) is 4.79 Å². The number of pyridine rings is 1. The fourth-order valence-corrected chi connectivity index (χ4v) is 1.49. The topological polar surface area (TPSA) is 56.0 Å². The summed E-state index contributed by atoms with van der Waals surface area (Å²) in [5.74, 6) is -0.931. The molecule has 0 atom stereocenters. The second kappa shape index (κ2) is 4.16. The van der Waals surface area contributed by atoms with Crippen LogP contribution in [0.2, 0.25) is 0 Å². The predicted octanol–water partition coefficient (Wildman–Crippen LogP) is 2.03. The molecular formula is C8H7F2IN2O. The smallest absolute Gasteiger partial charge is 0.267 e. The molecule has 1 aromatic rings. The number of aromatic nitrogens is 1. The molecule has 0 radical (unpaired) electrons. The fraction of sp³-hybridized carbons (Fsp3) is 0.250. The van der Waals surface area contributed by atoms with Crippen molar-refractivity contribution in [3.8, 4) is 0 Å². The summed E-state index contributed by atoms with van der Waals surface area (Å²) in [5, 5.41) is 0. The predicted molar refractivity (Wildman–Crippen MR) is 55.2 cm³/mol. The van der Waals surface area contributed by atoms with E-state index in [2.05, 4.69) is 4.98 Å². The number of carbonyl (C=O) groups is 1. The van der Waals surface area contributed by atoms with E-state index in [1.54, 1.807) is 0 Å². The summed E-state index contributed by atoms with van der Waals surface area (Å²) >= 11 is 1.88. The van der Waals surface area contributed by atoms with Crippen LogP contribution in [0.4, 0.5) is 8.78 Å². The summed E-state index contributed by atoms with van der Waals surface area (Å²) in [5.41, 5.74) is 4.57. The Morgan fingerprint density at radius 1 is 1.64 bits per heavy atom.